The van der Waals surface area contributed by atoms with E-state index in [0.717, 1.165) is 0 Å². The summed E-state index contributed by atoms with van der Waals surface area (Å²) in [5.41, 5.74) is 0. The standard InChI is InChI=1S/C14H21NO3/c1-3-11(16)10-15-14(17)13(4-2)18-12-8-6-5-7-9-12/h5-9,11,13,16H,3-4,10H2,1-2H3,(H,15,17). The number of nitrogens with one attached hydrogen (secondary N) is 1. The normalized spacial score (nSPS) is 13.7. The van der Waals surface area contributed by atoms with Gasteiger partial charge in [0.05, 0.1) is 6.10 Å². The minimum atomic E-state index is -0.517. The Morgan fingerprint density at radius 1 is 1.28 bits per heavy atom. The average molecular weight is 251 g/mol. The van der Waals surface area contributed by atoms with Crippen molar-refractivity contribution in [1.82, 2.24) is 5.32 Å². The Labute approximate surface area is 108 Å². The second kappa shape index (κ2) is 7.71. The fraction of sp³-hybridized carbons (Fsp3) is 0.500. The predicted octanol–water partition coefficient (Wildman–Crippen LogP) is 1.73. The highest BCUT2D eigenvalue weighted by molar-refractivity contribution is 5.81. The number of rotatable bonds is 7. The molecule has 100 valence electrons. The molecule has 1 aromatic rings. The van der Waals surface area contributed by atoms with Crippen LogP contribution in [0.1, 0.15) is 26.7 Å². The van der Waals surface area contributed by atoms with Crippen molar-refractivity contribution in [3.05, 3.63) is 30.3 Å². The Bertz CT molecular complexity index is 353. The average Bonchev–Trinajstić information content (AvgIpc) is 2.42. The summed E-state index contributed by atoms with van der Waals surface area (Å²) in [6.07, 6.45) is 0.194. The molecule has 2 N–H and O–H groups in total. The number of carbonyl (C=O) groups excluding carboxylic acids is 1. The van der Waals surface area contributed by atoms with Crippen LogP contribution in [0, 0.1) is 0 Å². The summed E-state index contributed by atoms with van der Waals surface area (Å²) in [6, 6.07) is 9.25. The smallest absolute Gasteiger partial charge is 0.261 e. The molecule has 0 aromatic heterocycles. The van der Waals surface area contributed by atoms with Crippen molar-refractivity contribution in [1.29, 1.82) is 0 Å². The van der Waals surface area contributed by atoms with E-state index in [-0.39, 0.29) is 12.5 Å². The number of carbonyl (C=O) groups is 1. The van der Waals surface area contributed by atoms with Gasteiger partial charge in [0.2, 0.25) is 0 Å². The maximum atomic E-state index is 11.9. The molecule has 0 radical (unpaired) electrons. The van der Waals surface area contributed by atoms with Gasteiger partial charge in [0.1, 0.15) is 5.75 Å². The Morgan fingerprint density at radius 2 is 1.94 bits per heavy atom. The van der Waals surface area contributed by atoms with Crippen LogP contribution in [0.4, 0.5) is 0 Å². The van der Waals surface area contributed by atoms with Gasteiger partial charge in [-0.3, -0.25) is 4.79 Å². The second-order valence-electron chi connectivity index (χ2n) is 4.14. The highest BCUT2D eigenvalue weighted by atomic mass is 16.5. The third-order valence-electron chi connectivity index (χ3n) is 2.67. The van der Waals surface area contributed by atoms with Crippen LogP contribution in [0.15, 0.2) is 30.3 Å². The molecular formula is C14H21NO3. The minimum absolute atomic E-state index is 0.186. The Morgan fingerprint density at radius 3 is 2.50 bits per heavy atom. The van der Waals surface area contributed by atoms with E-state index in [1.807, 2.05) is 44.2 Å². The van der Waals surface area contributed by atoms with E-state index in [2.05, 4.69) is 5.32 Å². The van der Waals surface area contributed by atoms with Gasteiger partial charge in [0.25, 0.3) is 5.91 Å². The van der Waals surface area contributed by atoms with Crippen LogP contribution in [0.3, 0.4) is 0 Å². The minimum Gasteiger partial charge on any atom is -0.481 e. The van der Waals surface area contributed by atoms with E-state index >= 15 is 0 Å². The molecule has 0 heterocycles. The molecule has 4 nitrogen and oxygen atoms in total. The third kappa shape index (κ3) is 4.75. The Hall–Kier alpha value is -1.55. The SMILES string of the molecule is CCC(O)CNC(=O)C(CC)Oc1ccccc1. The third-order valence-corrected chi connectivity index (χ3v) is 2.67. The maximum absolute atomic E-state index is 11.9. The molecule has 2 atom stereocenters. The van der Waals surface area contributed by atoms with Crippen molar-refractivity contribution in [2.75, 3.05) is 6.54 Å². The molecule has 1 rings (SSSR count). The number of benzene rings is 1. The summed E-state index contributed by atoms with van der Waals surface area (Å²) in [5.74, 6) is 0.490. The molecule has 0 aliphatic rings. The number of amides is 1. The lowest BCUT2D eigenvalue weighted by atomic mass is 10.2. The molecule has 0 fully saturated rings. The quantitative estimate of drug-likeness (QED) is 0.776. The van der Waals surface area contributed by atoms with Crippen molar-refractivity contribution < 1.29 is 14.6 Å². The van der Waals surface area contributed by atoms with E-state index in [4.69, 9.17) is 4.74 Å². The molecule has 1 amide bonds. The van der Waals surface area contributed by atoms with Crippen LogP contribution in [0.25, 0.3) is 0 Å². The van der Waals surface area contributed by atoms with Gasteiger partial charge in [0, 0.05) is 6.54 Å². The van der Waals surface area contributed by atoms with Gasteiger partial charge >= 0.3 is 0 Å². The molecule has 0 bridgehead atoms. The fourth-order valence-corrected chi connectivity index (χ4v) is 1.46. The molecule has 4 heteroatoms. The Balaban J connectivity index is 2.48. The van der Waals surface area contributed by atoms with E-state index < -0.39 is 12.2 Å². The van der Waals surface area contributed by atoms with Crippen molar-refractivity contribution >= 4 is 5.91 Å². The number of aliphatic hydroxyl groups excluding tert-OH is 1. The summed E-state index contributed by atoms with van der Waals surface area (Å²) < 4.78 is 5.60. The first kappa shape index (κ1) is 14.5. The highest BCUT2D eigenvalue weighted by Gasteiger charge is 2.18. The predicted molar refractivity (Wildman–Crippen MR) is 70.5 cm³/mol. The van der Waals surface area contributed by atoms with E-state index in [0.29, 0.717) is 18.6 Å². The number of para-hydroxylation sites is 1. The maximum Gasteiger partial charge on any atom is 0.261 e. The second-order valence-corrected chi connectivity index (χ2v) is 4.14. The van der Waals surface area contributed by atoms with Crippen molar-refractivity contribution in [3.8, 4) is 5.75 Å². The summed E-state index contributed by atoms with van der Waals surface area (Å²) in [7, 11) is 0. The van der Waals surface area contributed by atoms with Crippen LogP contribution in [-0.4, -0.2) is 29.8 Å². The van der Waals surface area contributed by atoms with Crippen LogP contribution in [-0.2, 0) is 4.79 Å². The molecule has 2 unspecified atom stereocenters. The van der Waals surface area contributed by atoms with Crippen LogP contribution < -0.4 is 10.1 Å². The van der Waals surface area contributed by atoms with Gasteiger partial charge in [-0.1, -0.05) is 32.0 Å². The zero-order valence-corrected chi connectivity index (χ0v) is 10.9. The number of ether oxygens (including phenoxy) is 1. The van der Waals surface area contributed by atoms with Gasteiger partial charge in [0.15, 0.2) is 6.10 Å². The number of aliphatic hydroxyl groups is 1. The zero-order chi connectivity index (χ0) is 13.4. The van der Waals surface area contributed by atoms with Gasteiger partial charge < -0.3 is 15.2 Å². The largest absolute Gasteiger partial charge is 0.481 e. The molecule has 0 saturated heterocycles. The lowest BCUT2D eigenvalue weighted by Gasteiger charge is -2.18. The van der Waals surface area contributed by atoms with Gasteiger partial charge in [-0.05, 0) is 25.0 Å². The Kier molecular flexibility index (Phi) is 6.22. The van der Waals surface area contributed by atoms with Gasteiger partial charge in [-0.2, -0.15) is 0 Å². The first-order valence-electron chi connectivity index (χ1n) is 6.34. The zero-order valence-electron chi connectivity index (χ0n) is 10.9. The van der Waals surface area contributed by atoms with Crippen LogP contribution >= 0.6 is 0 Å². The molecular weight excluding hydrogens is 230 g/mol. The van der Waals surface area contributed by atoms with E-state index in [1.165, 1.54) is 0 Å². The fourth-order valence-electron chi connectivity index (χ4n) is 1.46. The summed E-state index contributed by atoms with van der Waals surface area (Å²) in [5, 5.41) is 12.1. The van der Waals surface area contributed by atoms with E-state index in [9.17, 15) is 9.90 Å². The van der Waals surface area contributed by atoms with Crippen molar-refractivity contribution in [2.45, 2.75) is 38.9 Å². The molecule has 0 saturated carbocycles. The van der Waals surface area contributed by atoms with E-state index in [1.54, 1.807) is 0 Å². The molecule has 0 aliphatic heterocycles. The van der Waals surface area contributed by atoms with Crippen LogP contribution in [0.2, 0.25) is 0 Å². The first-order valence-corrected chi connectivity index (χ1v) is 6.34. The lowest BCUT2D eigenvalue weighted by molar-refractivity contribution is -0.128. The molecule has 18 heavy (non-hydrogen) atoms. The molecule has 1 aromatic carbocycles. The number of hydrogen-bond donors (Lipinski definition) is 2. The summed E-state index contributed by atoms with van der Waals surface area (Å²) in [4.78, 5) is 11.9. The summed E-state index contributed by atoms with van der Waals surface area (Å²) >= 11 is 0. The number of hydrogen-bond acceptors (Lipinski definition) is 3. The molecule has 0 aliphatic carbocycles. The van der Waals surface area contributed by atoms with Gasteiger partial charge in [-0.25, -0.2) is 0 Å². The monoisotopic (exact) mass is 251 g/mol. The first-order chi connectivity index (χ1) is 8.67. The summed E-state index contributed by atoms with van der Waals surface area (Å²) in [6.45, 7) is 4.03. The lowest BCUT2D eigenvalue weighted by Crippen LogP contribution is -2.41. The highest BCUT2D eigenvalue weighted by Crippen LogP contribution is 2.12. The van der Waals surface area contributed by atoms with Crippen molar-refractivity contribution in [3.63, 3.8) is 0 Å². The van der Waals surface area contributed by atoms with Crippen molar-refractivity contribution in [2.24, 2.45) is 0 Å². The topological polar surface area (TPSA) is 58.6 Å². The van der Waals surface area contributed by atoms with Gasteiger partial charge in [-0.15, -0.1) is 0 Å². The molecule has 0 spiro atoms. The van der Waals surface area contributed by atoms with Crippen LogP contribution in [0.5, 0.6) is 5.75 Å².